The Morgan fingerprint density at radius 2 is 0.604 bits per heavy atom. The van der Waals surface area contributed by atoms with Crippen LogP contribution in [0.15, 0.2) is 84.9 Å². The van der Waals surface area contributed by atoms with Crippen LogP contribution >= 0.6 is 0 Å². The number of benzene rings is 10. The standard InChI is InChI=1S/C82H56O52/c83-28-2-1-20-62(54(28)103)123-39-14-26(47(96)60(109)55(39)104)79(119)131-69-67(129-71(111)17-3-29(84)48(97)30(85)4-17)66-40(15-121-74(114)23-11-34(89)51(100)57(106)43(23)44-24(78(118)128-66)12-35(90)52(101)58(44)107)124-81(69)133-73(113)19-7-37(92)64(38(93)8-19)126-63-27(13-36(91)53(102)61(63)110)80(120)132-70-68(130-72(112)18-5-31(86)49(98)32(87)6-18)65-41(125-82(70)134-76(20)116)16-122-75(115)25-9-21(45(94)59(108)46(25)95)42-22(77(117)127-65)10-33(88)50(99)56(42)105/h1-14,40-41,65-70,81-110H,15-16H2. The lowest BCUT2D eigenvalue weighted by Crippen LogP contribution is -2.63. The third-order valence-electron chi connectivity index (χ3n) is 20.8. The van der Waals surface area contributed by atoms with Crippen molar-refractivity contribution >= 4 is 59.7 Å². The lowest BCUT2D eigenvalue weighted by Gasteiger charge is -2.44. The molecule has 2 saturated heterocycles. The Bertz CT molecular complexity index is 6760. The van der Waals surface area contributed by atoms with Crippen LogP contribution < -0.4 is 9.47 Å². The fraction of sp³-hybridized carbons (Fsp3) is 0.146. The normalized spacial score (nSPS) is 20.1. The van der Waals surface area contributed by atoms with Crippen LogP contribution in [0.2, 0.25) is 0 Å². The molecule has 0 aliphatic carbocycles. The van der Waals surface area contributed by atoms with Crippen LogP contribution in [0.5, 0.6) is 184 Å². The van der Waals surface area contributed by atoms with E-state index in [1.807, 2.05) is 0 Å². The summed E-state index contributed by atoms with van der Waals surface area (Å²) in [5.41, 5.74) is -18.2. The zero-order chi connectivity index (χ0) is 97.3. The smallest absolute Gasteiger partial charge is 0.344 e. The van der Waals surface area contributed by atoms with Crippen LogP contribution in [-0.4, -0.2) is 277 Å². The maximum atomic E-state index is 15.6. The molecule has 6 aliphatic heterocycles. The molecule has 10 aromatic rings. The van der Waals surface area contributed by atoms with Crippen molar-refractivity contribution < 1.29 is 257 Å². The van der Waals surface area contributed by atoms with E-state index < -0.39 is 396 Å². The topological polar surface area (TPSA) is 866 Å². The van der Waals surface area contributed by atoms with Gasteiger partial charge in [0.25, 0.3) is 0 Å². The van der Waals surface area contributed by atoms with Gasteiger partial charge in [-0.05, 0) is 72.8 Å². The van der Waals surface area contributed by atoms with E-state index in [-0.39, 0.29) is 36.4 Å². The Morgan fingerprint density at radius 3 is 1.07 bits per heavy atom. The van der Waals surface area contributed by atoms with Gasteiger partial charge in [0.1, 0.15) is 47.7 Å². The first kappa shape index (κ1) is 89.6. The molecule has 2 fully saturated rings. The molecule has 0 amide bonds. The SMILES string of the molecule is O=C1OC2OC3COC(=O)c4cc(O)c(O)c(O)c4-c4c(cc(O)c(O)c4O)C(=O)OC3C(OC(=O)c3cc(O)c(O)c(O)c3)C2OC(=O)c2cc(c(O)c(O)c2O)Oc2c(ccc(O)c2O)C(=O)OC2OC3COC(=O)c4cc(c(O)c(O)c4O)-c4c(cc(O)c(O)c4O)C(=O)OC3C(OC(=O)c3cc(O)c(O)c(O)c3)C2OC(=O)c2cc(O)c(O)c(O)c2Oc2c(O)cc1cc2O. The summed E-state index contributed by atoms with van der Waals surface area (Å²) in [4.78, 5) is 150. The van der Waals surface area contributed by atoms with Crippen molar-refractivity contribution in [3.8, 4) is 206 Å². The summed E-state index contributed by atoms with van der Waals surface area (Å²) < 4.78 is 80.4. The van der Waals surface area contributed by atoms with Gasteiger partial charge in [-0.2, -0.15) is 0 Å². The van der Waals surface area contributed by atoms with Crippen LogP contribution in [-0.2, 0) is 56.8 Å². The maximum absolute atomic E-state index is 15.6. The van der Waals surface area contributed by atoms with Gasteiger partial charge in [-0.25, -0.2) is 47.9 Å². The molecular formula is C82H56O52. The summed E-state index contributed by atoms with van der Waals surface area (Å²) in [6.07, 6.45) is -29.7. The molecule has 52 nitrogen and oxygen atoms in total. The minimum atomic E-state index is -3.20. The molecule has 6 aliphatic rings. The van der Waals surface area contributed by atoms with E-state index in [9.17, 15) is 162 Å². The highest BCUT2D eigenvalue weighted by Gasteiger charge is 2.59. The molecule has 0 saturated carbocycles. The van der Waals surface area contributed by atoms with Crippen LogP contribution in [0.1, 0.15) is 104 Å². The number of esters is 10. The molecule has 10 aromatic carbocycles. The Labute approximate surface area is 735 Å². The van der Waals surface area contributed by atoms with E-state index in [0.717, 1.165) is 0 Å². The lowest BCUT2D eigenvalue weighted by molar-refractivity contribution is -0.283. The Morgan fingerprint density at radius 1 is 0.254 bits per heavy atom. The molecule has 6 heterocycles. The molecule has 696 valence electrons. The predicted molar refractivity (Wildman–Crippen MR) is 413 cm³/mol. The van der Waals surface area contributed by atoms with E-state index in [0.29, 0.717) is 48.5 Å². The van der Waals surface area contributed by atoms with E-state index in [2.05, 4.69) is 0 Å². The first-order chi connectivity index (χ1) is 63.2. The van der Waals surface area contributed by atoms with Crippen molar-refractivity contribution in [1.29, 1.82) is 0 Å². The van der Waals surface area contributed by atoms with Crippen molar-refractivity contribution in [2.75, 3.05) is 13.2 Å². The second-order valence-corrected chi connectivity index (χ2v) is 28.9. The number of phenols is 28. The molecular weight excluding hydrogens is 1820 g/mol. The van der Waals surface area contributed by atoms with Crippen LogP contribution in [0.3, 0.4) is 0 Å². The van der Waals surface area contributed by atoms with Crippen molar-refractivity contribution in [2.45, 2.75) is 61.4 Å². The first-order valence-electron chi connectivity index (χ1n) is 37.1. The van der Waals surface area contributed by atoms with Gasteiger partial charge in [0.05, 0.1) is 33.4 Å². The summed E-state index contributed by atoms with van der Waals surface area (Å²) >= 11 is 0. The zero-order valence-corrected chi connectivity index (χ0v) is 65.6. The number of fused-ring (bicyclic) bond motifs is 15. The summed E-state index contributed by atoms with van der Waals surface area (Å²) in [6, 6.07) is 4.07. The Hall–Kier alpha value is -19.2. The molecule has 6 bridgehead atoms. The molecule has 28 N–H and O–H groups in total. The highest BCUT2D eigenvalue weighted by molar-refractivity contribution is 6.10. The highest BCUT2D eigenvalue weighted by Crippen LogP contribution is 2.58. The van der Waals surface area contributed by atoms with Gasteiger partial charge < -0.3 is 209 Å². The molecule has 10 unspecified atom stereocenters. The average Bonchev–Trinajstić information content (AvgIpc) is 1.46. The van der Waals surface area contributed by atoms with Gasteiger partial charge in [-0.15, -0.1) is 0 Å². The number of carbonyl (C=O) groups excluding carboxylic acids is 10. The molecule has 0 spiro atoms. The van der Waals surface area contributed by atoms with Crippen LogP contribution in [0.4, 0.5) is 0 Å². The second kappa shape index (κ2) is 33.2. The van der Waals surface area contributed by atoms with Gasteiger partial charge in [0, 0.05) is 34.4 Å². The van der Waals surface area contributed by atoms with E-state index >= 15 is 28.8 Å². The number of cyclic esters (lactones) is 2. The van der Waals surface area contributed by atoms with Crippen molar-refractivity contribution in [3.05, 3.63) is 141 Å². The second-order valence-electron chi connectivity index (χ2n) is 28.9. The maximum Gasteiger partial charge on any atom is 0.344 e. The van der Waals surface area contributed by atoms with E-state index in [4.69, 9.17) is 66.3 Å². The Balaban J connectivity index is 0.928. The van der Waals surface area contributed by atoms with Crippen molar-refractivity contribution in [2.24, 2.45) is 0 Å². The molecule has 52 heteroatoms. The number of rotatable bonds is 4. The number of hydrogen-bond donors (Lipinski definition) is 28. The molecule has 0 radical (unpaired) electrons. The molecule has 0 aromatic heterocycles. The first-order valence-corrected chi connectivity index (χ1v) is 37.1. The fourth-order valence-corrected chi connectivity index (χ4v) is 14.2. The summed E-state index contributed by atoms with van der Waals surface area (Å²) in [5.74, 6) is -71.0. The minimum Gasteiger partial charge on any atom is -0.504 e. The number of aromatic hydroxyl groups is 28. The van der Waals surface area contributed by atoms with E-state index in [1.165, 1.54) is 0 Å². The molecule has 16 rings (SSSR count). The van der Waals surface area contributed by atoms with Crippen LogP contribution in [0, 0.1) is 0 Å². The lowest BCUT2D eigenvalue weighted by atomic mass is 9.92. The highest BCUT2D eigenvalue weighted by atomic mass is 16.8. The predicted octanol–water partition coefficient (Wildman–Crippen LogP) is 4.13. The fourth-order valence-electron chi connectivity index (χ4n) is 14.2. The van der Waals surface area contributed by atoms with E-state index in [1.54, 1.807) is 0 Å². The largest absolute Gasteiger partial charge is 0.504 e. The zero-order valence-electron chi connectivity index (χ0n) is 65.6. The third-order valence-corrected chi connectivity index (χ3v) is 20.8. The van der Waals surface area contributed by atoms with Crippen LogP contribution in [0.25, 0.3) is 22.3 Å². The average molecular weight is 1870 g/mol. The third kappa shape index (κ3) is 15.3. The monoisotopic (exact) mass is 1870 g/mol. The summed E-state index contributed by atoms with van der Waals surface area (Å²) in [5, 5.41) is 312. The quantitative estimate of drug-likeness (QED) is 0.0669. The number of phenolic OH excluding ortho intramolecular Hbond substituents is 28. The van der Waals surface area contributed by atoms with Gasteiger partial charge in [-0.1, -0.05) is 0 Å². The van der Waals surface area contributed by atoms with Crippen molar-refractivity contribution in [3.63, 3.8) is 0 Å². The Kier molecular flexibility index (Phi) is 22.2. The minimum absolute atomic E-state index is 0.0780. The van der Waals surface area contributed by atoms with Gasteiger partial charge >= 0.3 is 59.7 Å². The van der Waals surface area contributed by atoms with Gasteiger partial charge in [0.15, 0.2) is 151 Å². The molecule has 10 atom stereocenters. The van der Waals surface area contributed by atoms with Crippen molar-refractivity contribution in [1.82, 2.24) is 0 Å². The number of hydrogen-bond acceptors (Lipinski definition) is 52. The number of carbonyl (C=O) groups is 10. The summed E-state index contributed by atoms with van der Waals surface area (Å²) in [7, 11) is 0. The molecule has 134 heavy (non-hydrogen) atoms. The van der Waals surface area contributed by atoms with Gasteiger partial charge in [0.2, 0.25) is 82.3 Å². The number of ether oxygens (including phenoxy) is 14. The van der Waals surface area contributed by atoms with Gasteiger partial charge in [-0.3, -0.25) is 0 Å². The summed E-state index contributed by atoms with van der Waals surface area (Å²) in [6.45, 7) is -3.22.